The minimum absolute atomic E-state index is 0.211. The second-order valence-corrected chi connectivity index (χ2v) is 4.66. The van der Waals surface area contributed by atoms with Crippen LogP contribution in [0.5, 0.6) is 5.75 Å². The Morgan fingerprint density at radius 2 is 2.12 bits per heavy atom. The first-order valence-electron chi connectivity index (χ1n) is 4.83. The zero-order valence-electron chi connectivity index (χ0n) is 8.66. The van der Waals surface area contributed by atoms with Crippen molar-refractivity contribution in [2.75, 3.05) is 0 Å². The summed E-state index contributed by atoms with van der Waals surface area (Å²) in [5.74, 6) is -0.190. The van der Waals surface area contributed by atoms with Crippen LogP contribution in [0.15, 0.2) is 41.0 Å². The van der Waals surface area contributed by atoms with E-state index in [1.807, 2.05) is 0 Å². The van der Waals surface area contributed by atoms with E-state index in [1.54, 1.807) is 30.5 Å². The number of hydrogen-bond donors (Lipinski definition) is 0. The average Bonchev–Trinajstić information content (AvgIpc) is 2.30. The van der Waals surface area contributed by atoms with Crippen LogP contribution < -0.4 is 4.74 Å². The summed E-state index contributed by atoms with van der Waals surface area (Å²) in [6.07, 6.45) is 1.60. The van der Waals surface area contributed by atoms with E-state index in [-0.39, 0.29) is 12.4 Å². The highest BCUT2D eigenvalue weighted by Crippen LogP contribution is 2.22. The summed E-state index contributed by atoms with van der Waals surface area (Å²) in [6, 6.07) is 8.10. The van der Waals surface area contributed by atoms with E-state index in [0.29, 0.717) is 9.63 Å². The van der Waals surface area contributed by atoms with Gasteiger partial charge in [0.15, 0.2) is 11.6 Å². The molecule has 2 aromatic rings. The predicted molar refractivity (Wildman–Crippen MR) is 67.7 cm³/mol. The van der Waals surface area contributed by atoms with Crippen LogP contribution in [0.2, 0.25) is 5.15 Å². The number of pyridine rings is 1. The molecular formula is C12H8BrClFNO. The summed E-state index contributed by atoms with van der Waals surface area (Å²) >= 11 is 8.83. The first-order chi connectivity index (χ1) is 8.15. The van der Waals surface area contributed by atoms with Gasteiger partial charge in [0.05, 0.1) is 0 Å². The fraction of sp³-hybridized carbons (Fsp3) is 0.0833. The van der Waals surface area contributed by atoms with Gasteiger partial charge in [0.25, 0.3) is 0 Å². The van der Waals surface area contributed by atoms with Crippen molar-refractivity contribution in [2.24, 2.45) is 0 Å². The maximum absolute atomic E-state index is 13.4. The van der Waals surface area contributed by atoms with E-state index < -0.39 is 5.82 Å². The lowest BCUT2D eigenvalue weighted by molar-refractivity contribution is 0.290. The number of rotatable bonds is 3. The molecule has 17 heavy (non-hydrogen) atoms. The molecule has 0 N–H and O–H groups in total. The molecule has 1 heterocycles. The third kappa shape index (κ3) is 3.41. The number of nitrogens with zero attached hydrogens (tertiary/aromatic N) is 1. The Bertz CT molecular complexity index is 518. The normalized spacial score (nSPS) is 10.3. The van der Waals surface area contributed by atoms with Gasteiger partial charge in [-0.05, 0) is 24.3 Å². The molecule has 0 aliphatic heterocycles. The molecule has 0 atom stereocenters. The number of halogens is 3. The largest absolute Gasteiger partial charge is 0.486 e. The maximum Gasteiger partial charge on any atom is 0.166 e. The van der Waals surface area contributed by atoms with Crippen molar-refractivity contribution >= 4 is 27.5 Å². The highest BCUT2D eigenvalue weighted by atomic mass is 79.9. The van der Waals surface area contributed by atoms with Crippen molar-refractivity contribution in [2.45, 2.75) is 6.61 Å². The van der Waals surface area contributed by atoms with Gasteiger partial charge in [-0.3, -0.25) is 0 Å². The Morgan fingerprint density at radius 3 is 2.76 bits per heavy atom. The average molecular weight is 317 g/mol. The topological polar surface area (TPSA) is 22.1 Å². The van der Waals surface area contributed by atoms with E-state index >= 15 is 0 Å². The van der Waals surface area contributed by atoms with Gasteiger partial charge in [-0.1, -0.05) is 33.6 Å². The standard InChI is InChI=1S/C12H8BrClFNO/c13-9-2-3-11(10(15)5-9)17-7-8-1-4-12(14)16-6-8/h1-6H,7H2. The first kappa shape index (κ1) is 12.3. The molecule has 0 unspecified atom stereocenters. The Labute approximate surface area is 112 Å². The predicted octanol–water partition coefficient (Wildman–Crippen LogP) is 4.22. The fourth-order valence-electron chi connectivity index (χ4n) is 1.25. The van der Waals surface area contributed by atoms with Crippen molar-refractivity contribution in [1.29, 1.82) is 0 Å². The van der Waals surface area contributed by atoms with Gasteiger partial charge in [0.1, 0.15) is 11.8 Å². The molecule has 0 bridgehead atoms. The van der Waals surface area contributed by atoms with Gasteiger partial charge < -0.3 is 4.74 Å². The smallest absolute Gasteiger partial charge is 0.166 e. The molecule has 0 aliphatic rings. The second kappa shape index (κ2) is 5.47. The summed E-state index contributed by atoms with van der Waals surface area (Å²) in [4.78, 5) is 3.91. The Morgan fingerprint density at radius 1 is 1.29 bits per heavy atom. The minimum Gasteiger partial charge on any atom is -0.486 e. The third-order valence-electron chi connectivity index (χ3n) is 2.08. The fourth-order valence-corrected chi connectivity index (χ4v) is 1.69. The number of hydrogen-bond acceptors (Lipinski definition) is 2. The Kier molecular flexibility index (Phi) is 3.97. The van der Waals surface area contributed by atoms with Crippen molar-refractivity contribution in [3.63, 3.8) is 0 Å². The Hall–Kier alpha value is -1.13. The van der Waals surface area contributed by atoms with E-state index in [2.05, 4.69) is 20.9 Å². The summed E-state index contributed by atoms with van der Waals surface area (Å²) in [6.45, 7) is 0.253. The molecule has 5 heteroatoms. The monoisotopic (exact) mass is 315 g/mol. The van der Waals surface area contributed by atoms with Gasteiger partial charge in [-0.15, -0.1) is 0 Å². The summed E-state index contributed by atoms with van der Waals surface area (Å²) in [5, 5.41) is 0.420. The van der Waals surface area contributed by atoms with Crippen LogP contribution >= 0.6 is 27.5 Å². The van der Waals surface area contributed by atoms with Crippen LogP contribution in [-0.4, -0.2) is 4.98 Å². The molecule has 0 saturated carbocycles. The van der Waals surface area contributed by atoms with E-state index in [0.717, 1.165) is 5.56 Å². The SMILES string of the molecule is Fc1cc(Br)ccc1OCc1ccc(Cl)nc1. The number of aromatic nitrogens is 1. The molecule has 0 aliphatic carbocycles. The molecule has 2 nitrogen and oxygen atoms in total. The summed E-state index contributed by atoms with van der Waals surface area (Å²) < 4.78 is 19.4. The van der Waals surface area contributed by atoms with Gasteiger partial charge in [0, 0.05) is 16.2 Å². The molecule has 0 amide bonds. The second-order valence-electron chi connectivity index (χ2n) is 3.35. The molecule has 2 rings (SSSR count). The molecule has 88 valence electrons. The molecule has 1 aromatic heterocycles. The Balaban J connectivity index is 2.04. The van der Waals surface area contributed by atoms with Crippen LogP contribution in [0.4, 0.5) is 4.39 Å². The molecule has 0 radical (unpaired) electrons. The highest BCUT2D eigenvalue weighted by molar-refractivity contribution is 9.10. The van der Waals surface area contributed by atoms with E-state index in [4.69, 9.17) is 16.3 Å². The molecule has 0 fully saturated rings. The van der Waals surface area contributed by atoms with Crippen LogP contribution in [0, 0.1) is 5.82 Å². The van der Waals surface area contributed by atoms with Crippen molar-refractivity contribution in [3.8, 4) is 5.75 Å². The maximum atomic E-state index is 13.4. The quantitative estimate of drug-likeness (QED) is 0.791. The van der Waals surface area contributed by atoms with Crippen molar-refractivity contribution in [3.05, 3.63) is 57.5 Å². The van der Waals surface area contributed by atoms with Crippen LogP contribution in [-0.2, 0) is 6.61 Å². The number of benzene rings is 1. The lowest BCUT2D eigenvalue weighted by atomic mass is 10.3. The summed E-state index contributed by atoms with van der Waals surface area (Å²) in [7, 11) is 0. The van der Waals surface area contributed by atoms with Gasteiger partial charge in [0.2, 0.25) is 0 Å². The summed E-state index contributed by atoms with van der Waals surface area (Å²) in [5.41, 5.74) is 0.830. The minimum atomic E-state index is -0.402. The lowest BCUT2D eigenvalue weighted by Crippen LogP contribution is -1.97. The van der Waals surface area contributed by atoms with Gasteiger partial charge >= 0.3 is 0 Å². The molecule has 0 spiro atoms. The zero-order chi connectivity index (χ0) is 12.3. The van der Waals surface area contributed by atoms with Crippen molar-refractivity contribution in [1.82, 2.24) is 4.98 Å². The first-order valence-corrected chi connectivity index (χ1v) is 6.00. The van der Waals surface area contributed by atoms with Crippen LogP contribution in [0.3, 0.4) is 0 Å². The van der Waals surface area contributed by atoms with E-state index in [1.165, 1.54) is 6.07 Å². The van der Waals surface area contributed by atoms with Gasteiger partial charge in [-0.25, -0.2) is 9.37 Å². The molecule has 0 saturated heterocycles. The number of ether oxygens (including phenoxy) is 1. The lowest BCUT2D eigenvalue weighted by Gasteiger charge is -2.07. The zero-order valence-corrected chi connectivity index (χ0v) is 11.0. The molecule has 1 aromatic carbocycles. The third-order valence-corrected chi connectivity index (χ3v) is 2.79. The molecular weight excluding hydrogens is 308 g/mol. The van der Waals surface area contributed by atoms with E-state index in [9.17, 15) is 4.39 Å². The van der Waals surface area contributed by atoms with Gasteiger partial charge in [-0.2, -0.15) is 0 Å². The van der Waals surface area contributed by atoms with Crippen LogP contribution in [0.1, 0.15) is 5.56 Å². The van der Waals surface area contributed by atoms with Crippen LogP contribution in [0.25, 0.3) is 0 Å². The van der Waals surface area contributed by atoms with Crippen molar-refractivity contribution < 1.29 is 9.13 Å². The highest BCUT2D eigenvalue weighted by Gasteiger charge is 2.04.